The van der Waals surface area contributed by atoms with E-state index in [0.29, 0.717) is 50.4 Å². The Bertz CT molecular complexity index is 762. The van der Waals surface area contributed by atoms with Crippen molar-refractivity contribution in [3.63, 3.8) is 0 Å². The molecular weight excluding hydrogens is 365 g/mol. The Morgan fingerprint density at radius 3 is 2.46 bits per heavy atom. The number of piperazine rings is 1. The molecule has 1 atom stereocenters. The van der Waals surface area contributed by atoms with Gasteiger partial charge in [-0.2, -0.15) is 0 Å². The van der Waals surface area contributed by atoms with Gasteiger partial charge in [0.1, 0.15) is 5.82 Å². The molecule has 28 heavy (non-hydrogen) atoms. The van der Waals surface area contributed by atoms with E-state index in [4.69, 9.17) is 5.11 Å². The van der Waals surface area contributed by atoms with Crippen LogP contribution in [0.1, 0.15) is 30.1 Å². The second-order valence-electron chi connectivity index (χ2n) is 7.50. The van der Waals surface area contributed by atoms with E-state index in [1.807, 2.05) is 9.80 Å². The smallest absolute Gasteiger partial charge is 0.307 e. The van der Waals surface area contributed by atoms with Gasteiger partial charge >= 0.3 is 5.97 Å². The third kappa shape index (κ3) is 4.67. The van der Waals surface area contributed by atoms with Crippen LogP contribution in [0.3, 0.4) is 0 Å². The maximum Gasteiger partial charge on any atom is 0.307 e. The number of aliphatic carboxylic acids is 1. The summed E-state index contributed by atoms with van der Waals surface area (Å²) in [5.41, 5.74) is 0.786. The average molecular weight is 391 g/mol. The summed E-state index contributed by atoms with van der Waals surface area (Å²) in [6.45, 7) is 4.79. The van der Waals surface area contributed by atoms with Crippen molar-refractivity contribution < 1.29 is 23.9 Å². The number of rotatable bonds is 5. The Kier molecular flexibility index (Phi) is 6.28. The molecule has 2 saturated heterocycles. The molecule has 2 aliphatic rings. The first-order valence-electron chi connectivity index (χ1n) is 9.63. The van der Waals surface area contributed by atoms with Crippen molar-refractivity contribution in [2.45, 2.75) is 19.8 Å². The largest absolute Gasteiger partial charge is 0.481 e. The number of amides is 1. The fourth-order valence-corrected chi connectivity index (χ4v) is 3.87. The molecule has 0 saturated carbocycles. The highest BCUT2D eigenvalue weighted by atomic mass is 19.1. The van der Waals surface area contributed by atoms with Gasteiger partial charge in [-0.25, -0.2) is 4.39 Å². The maximum absolute atomic E-state index is 14.3. The van der Waals surface area contributed by atoms with Gasteiger partial charge in [-0.3, -0.25) is 19.3 Å². The van der Waals surface area contributed by atoms with Crippen molar-refractivity contribution >= 4 is 23.3 Å². The second kappa shape index (κ2) is 8.68. The van der Waals surface area contributed by atoms with Gasteiger partial charge < -0.3 is 14.9 Å². The van der Waals surface area contributed by atoms with Gasteiger partial charge in [0, 0.05) is 38.3 Å². The number of ketones is 1. The van der Waals surface area contributed by atoms with Gasteiger partial charge in [-0.05, 0) is 44.5 Å². The topological polar surface area (TPSA) is 81.2 Å². The minimum Gasteiger partial charge on any atom is -0.481 e. The first-order valence-corrected chi connectivity index (χ1v) is 9.63. The number of nitrogens with zero attached hydrogens (tertiary/aromatic N) is 3. The molecule has 3 rings (SSSR count). The van der Waals surface area contributed by atoms with E-state index < -0.39 is 17.7 Å². The first kappa shape index (κ1) is 20.3. The molecule has 2 aliphatic heterocycles. The summed E-state index contributed by atoms with van der Waals surface area (Å²) in [5.74, 6) is -1.83. The van der Waals surface area contributed by atoms with Gasteiger partial charge in [0.25, 0.3) is 0 Å². The quantitative estimate of drug-likeness (QED) is 0.766. The second-order valence-corrected chi connectivity index (χ2v) is 7.50. The molecule has 8 heteroatoms. The Morgan fingerprint density at radius 1 is 1.14 bits per heavy atom. The van der Waals surface area contributed by atoms with E-state index in [9.17, 15) is 18.8 Å². The molecule has 1 N–H and O–H groups in total. The lowest BCUT2D eigenvalue weighted by Gasteiger charge is -2.38. The fourth-order valence-electron chi connectivity index (χ4n) is 3.87. The van der Waals surface area contributed by atoms with Crippen LogP contribution in [0.2, 0.25) is 0 Å². The fraction of sp³-hybridized carbons (Fsp3) is 0.550. The number of carboxylic acid groups (broad SMARTS) is 1. The number of Topliss-reactive ketones (excluding diaryl/α,β-unsaturated/α-hetero) is 1. The SMILES string of the molecule is CC(=O)c1ccc(N2CCN(C(=O)CN3CCCC(C(=O)O)C3)CC2)c(F)c1. The summed E-state index contributed by atoms with van der Waals surface area (Å²) in [5, 5.41) is 9.17. The zero-order valence-corrected chi connectivity index (χ0v) is 16.1. The lowest BCUT2D eigenvalue weighted by Crippen LogP contribution is -2.52. The van der Waals surface area contributed by atoms with E-state index in [1.54, 1.807) is 17.0 Å². The van der Waals surface area contributed by atoms with Crippen LogP contribution in [0.25, 0.3) is 0 Å². The molecule has 0 spiro atoms. The third-order valence-electron chi connectivity index (χ3n) is 5.54. The minimum absolute atomic E-state index is 0.0157. The lowest BCUT2D eigenvalue weighted by atomic mass is 9.98. The van der Waals surface area contributed by atoms with Crippen LogP contribution in [0.4, 0.5) is 10.1 Å². The van der Waals surface area contributed by atoms with E-state index in [-0.39, 0.29) is 18.2 Å². The highest BCUT2D eigenvalue weighted by molar-refractivity contribution is 5.94. The molecule has 7 nitrogen and oxygen atoms in total. The van der Waals surface area contributed by atoms with E-state index >= 15 is 0 Å². The predicted molar refractivity (Wildman–Crippen MR) is 102 cm³/mol. The summed E-state index contributed by atoms with van der Waals surface area (Å²) in [6, 6.07) is 4.49. The molecule has 2 fully saturated rings. The number of halogens is 1. The van der Waals surface area contributed by atoms with Crippen LogP contribution in [0.15, 0.2) is 18.2 Å². The number of benzene rings is 1. The third-order valence-corrected chi connectivity index (χ3v) is 5.54. The van der Waals surface area contributed by atoms with Gasteiger partial charge in [0.15, 0.2) is 5.78 Å². The van der Waals surface area contributed by atoms with Gasteiger partial charge in [0.2, 0.25) is 5.91 Å². The van der Waals surface area contributed by atoms with Gasteiger partial charge in [0.05, 0.1) is 18.2 Å². The summed E-state index contributed by atoms with van der Waals surface area (Å²) in [7, 11) is 0. The Labute approximate surface area is 163 Å². The first-order chi connectivity index (χ1) is 13.3. The van der Waals surface area contributed by atoms with Crippen molar-refractivity contribution in [1.82, 2.24) is 9.80 Å². The number of likely N-dealkylation sites (tertiary alicyclic amines) is 1. The average Bonchev–Trinajstić information content (AvgIpc) is 2.68. The van der Waals surface area contributed by atoms with Crippen LogP contribution in [-0.4, -0.2) is 78.4 Å². The molecule has 1 aromatic carbocycles. The number of carbonyl (C=O) groups is 3. The number of hydrogen-bond donors (Lipinski definition) is 1. The van der Waals surface area contributed by atoms with Crippen molar-refractivity contribution in [2.24, 2.45) is 5.92 Å². The zero-order valence-electron chi connectivity index (χ0n) is 16.1. The minimum atomic E-state index is -0.802. The molecule has 1 unspecified atom stereocenters. The van der Waals surface area contributed by atoms with Crippen LogP contribution < -0.4 is 4.90 Å². The Balaban J connectivity index is 1.53. The molecule has 2 heterocycles. The Morgan fingerprint density at radius 2 is 1.86 bits per heavy atom. The molecular formula is C20H26FN3O4. The molecule has 0 aromatic heterocycles. The van der Waals surface area contributed by atoms with Crippen molar-refractivity contribution in [2.75, 3.05) is 50.7 Å². The number of carbonyl (C=O) groups excluding carboxylic acids is 2. The lowest BCUT2D eigenvalue weighted by molar-refractivity contribution is -0.145. The van der Waals surface area contributed by atoms with Gasteiger partial charge in [-0.1, -0.05) is 0 Å². The summed E-state index contributed by atoms with van der Waals surface area (Å²) < 4.78 is 14.3. The van der Waals surface area contributed by atoms with E-state index in [2.05, 4.69) is 0 Å². The summed E-state index contributed by atoms with van der Waals surface area (Å²) in [4.78, 5) is 40.7. The molecule has 1 aromatic rings. The highest BCUT2D eigenvalue weighted by Crippen LogP contribution is 2.23. The maximum atomic E-state index is 14.3. The molecule has 1 amide bonds. The highest BCUT2D eigenvalue weighted by Gasteiger charge is 2.29. The van der Waals surface area contributed by atoms with Crippen LogP contribution in [0, 0.1) is 11.7 Å². The summed E-state index contributed by atoms with van der Waals surface area (Å²) in [6.07, 6.45) is 1.44. The Hall–Kier alpha value is -2.48. The number of hydrogen-bond acceptors (Lipinski definition) is 5. The monoisotopic (exact) mass is 391 g/mol. The van der Waals surface area contributed by atoms with Crippen LogP contribution in [0.5, 0.6) is 0 Å². The standard InChI is InChI=1S/C20H26FN3O4/c1-14(25)15-4-5-18(17(21)11-15)23-7-9-24(10-8-23)19(26)13-22-6-2-3-16(12-22)20(27)28/h4-5,11,16H,2-3,6-10,12-13H2,1H3,(H,27,28). The van der Waals surface area contributed by atoms with E-state index in [1.165, 1.54) is 13.0 Å². The zero-order chi connectivity index (χ0) is 20.3. The van der Waals surface area contributed by atoms with Crippen molar-refractivity contribution in [3.05, 3.63) is 29.6 Å². The van der Waals surface area contributed by atoms with Crippen molar-refractivity contribution in [1.29, 1.82) is 0 Å². The predicted octanol–water partition coefficient (Wildman–Crippen LogP) is 1.47. The molecule has 0 aliphatic carbocycles. The molecule has 0 bridgehead atoms. The van der Waals surface area contributed by atoms with Crippen LogP contribution in [-0.2, 0) is 9.59 Å². The number of carboxylic acids is 1. The van der Waals surface area contributed by atoms with Gasteiger partial charge in [-0.15, -0.1) is 0 Å². The molecule has 152 valence electrons. The normalized spacial score (nSPS) is 20.9. The molecule has 0 radical (unpaired) electrons. The van der Waals surface area contributed by atoms with E-state index in [0.717, 1.165) is 13.0 Å². The van der Waals surface area contributed by atoms with Crippen LogP contribution >= 0.6 is 0 Å². The number of anilines is 1. The number of piperidine rings is 1. The summed E-state index contributed by atoms with van der Waals surface area (Å²) >= 11 is 0. The van der Waals surface area contributed by atoms with Crippen molar-refractivity contribution in [3.8, 4) is 0 Å².